The van der Waals surface area contributed by atoms with Crippen LogP contribution in [0.3, 0.4) is 0 Å². The lowest BCUT2D eigenvalue weighted by Crippen LogP contribution is -2.25. The van der Waals surface area contributed by atoms with Gasteiger partial charge in [-0.1, -0.05) is 5.92 Å². The summed E-state index contributed by atoms with van der Waals surface area (Å²) < 4.78 is 12.2. The Bertz CT molecular complexity index is 1080. The van der Waals surface area contributed by atoms with E-state index in [0.717, 1.165) is 11.3 Å². The van der Waals surface area contributed by atoms with E-state index in [0.29, 0.717) is 22.7 Å². The number of aliphatic hydroxyl groups is 1. The summed E-state index contributed by atoms with van der Waals surface area (Å²) in [5, 5.41) is 11.8. The predicted molar refractivity (Wildman–Crippen MR) is 102 cm³/mol. The van der Waals surface area contributed by atoms with Crippen molar-refractivity contribution in [3.63, 3.8) is 0 Å². The number of aryl methyl sites for hydroxylation is 1. The van der Waals surface area contributed by atoms with Crippen LogP contribution in [0, 0.1) is 18.8 Å². The quantitative estimate of drug-likeness (QED) is 0.648. The van der Waals surface area contributed by atoms with Crippen LogP contribution in [0.2, 0.25) is 0 Å². The molecule has 8 nitrogen and oxygen atoms in total. The number of hydrogen-bond acceptors (Lipinski definition) is 6. The summed E-state index contributed by atoms with van der Waals surface area (Å²) in [5.74, 6) is 6.41. The predicted octanol–water partition coefficient (Wildman–Crippen LogP) is 1.33. The van der Waals surface area contributed by atoms with Crippen molar-refractivity contribution in [2.75, 3.05) is 20.8 Å². The van der Waals surface area contributed by atoms with E-state index in [4.69, 9.17) is 14.6 Å². The van der Waals surface area contributed by atoms with Crippen LogP contribution < -0.4 is 14.8 Å². The van der Waals surface area contributed by atoms with Crippen molar-refractivity contribution < 1.29 is 19.4 Å². The van der Waals surface area contributed by atoms with Crippen molar-refractivity contribution in [2.45, 2.75) is 13.5 Å². The Morgan fingerprint density at radius 3 is 2.86 bits per heavy atom. The van der Waals surface area contributed by atoms with Crippen LogP contribution in [0.5, 0.6) is 11.5 Å². The van der Waals surface area contributed by atoms with Crippen LogP contribution in [0.15, 0.2) is 30.6 Å². The molecule has 0 bridgehead atoms. The van der Waals surface area contributed by atoms with E-state index in [-0.39, 0.29) is 24.9 Å². The Morgan fingerprint density at radius 1 is 1.32 bits per heavy atom. The molecule has 2 N–H and O–H groups in total. The van der Waals surface area contributed by atoms with Crippen LogP contribution in [0.25, 0.3) is 5.52 Å². The van der Waals surface area contributed by atoms with Crippen molar-refractivity contribution in [3.05, 3.63) is 53.4 Å². The number of methoxy groups -OCH3 is 2. The zero-order valence-corrected chi connectivity index (χ0v) is 15.8. The number of imidazole rings is 1. The number of benzene rings is 1. The largest absolute Gasteiger partial charge is 0.497 e. The molecule has 1 amide bonds. The summed E-state index contributed by atoms with van der Waals surface area (Å²) in [6, 6.07) is 5.38. The van der Waals surface area contributed by atoms with Gasteiger partial charge in [0, 0.05) is 24.4 Å². The Labute approximate surface area is 162 Å². The molecule has 0 radical (unpaired) electrons. The number of amides is 1. The van der Waals surface area contributed by atoms with Crippen molar-refractivity contribution in [1.82, 2.24) is 19.7 Å². The second-order valence-electron chi connectivity index (χ2n) is 5.89. The Hall–Kier alpha value is -3.57. The highest BCUT2D eigenvalue weighted by molar-refractivity contribution is 5.92. The minimum absolute atomic E-state index is 0.190. The third-order valence-electron chi connectivity index (χ3n) is 4.08. The van der Waals surface area contributed by atoms with Gasteiger partial charge in [0.05, 0.1) is 26.1 Å². The maximum atomic E-state index is 12.8. The summed E-state index contributed by atoms with van der Waals surface area (Å²) in [4.78, 5) is 21.3. The molecule has 3 rings (SSSR count). The maximum Gasteiger partial charge on any atom is 0.287 e. The van der Waals surface area contributed by atoms with Gasteiger partial charge in [-0.3, -0.25) is 14.2 Å². The van der Waals surface area contributed by atoms with Gasteiger partial charge in [0.15, 0.2) is 0 Å². The highest BCUT2D eigenvalue weighted by Gasteiger charge is 2.17. The number of nitrogens with one attached hydrogen (secondary N) is 1. The van der Waals surface area contributed by atoms with Gasteiger partial charge < -0.3 is 19.9 Å². The Balaban J connectivity index is 1.89. The van der Waals surface area contributed by atoms with E-state index < -0.39 is 0 Å². The number of ether oxygens (including phenoxy) is 2. The van der Waals surface area contributed by atoms with Crippen LogP contribution >= 0.6 is 0 Å². The first-order chi connectivity index (χ1) is 13.6. The lowest BCUT2D eigenvalue weighted by molar-refractivity contribution is 0.0939. The van der Waals surface area contributed by atoms with Gasteiger partial charge in [0.1, 0.15) is 29.3 Å². The summed E-state index contributed by atoms with van der Waals surface area (Å²) >= 11 is 0. The fraction of sp³-hybridized carbons (Fsp3) is 0.250. The molecule has 0 aliphatic heterocycles. The number of carbonyl (C=O) groups is 1. The van der Waals surface area contributed by atoms with Crippen LogP contribution in [0.4, 0.5) is 0 Å². The van der Waals surface area contributed by atoms with Gasteiger partial charge in [-0.2, -0.15) is 0 Å². The molecule has 2 heterocycles. The van der Waals surface area contributed by atoms with Crippen molar-refractivity contribution >= 4 is 11.4 Å². The van der Waals surface area contributed by atoms with Gasteiger partial charge in [-0.15, -0.1) is 0 Å². The molecule has 28 heavy (non-hydrogen) atoms. The molecule has 0 aliphatic carbocycles. The molecular formula is C20H20N4O4. The molecule has 2 aromatic heterocycles. The topological polar surface area (TPSA) is 98.0 Å². The summed E-state index contributed by atoms with van der Waals surface area (Å²) in [7, 11) is 3.14. The van der Waals surface area contributed by atoms with Crippen molar-refractivity contribution in [2.24, 2.45) is 0 Å². The van der Waals surface area contributed by atoms with E-state index in [1.165, 1.54) is 0 Å². The minimum Gasteiger partial charge on any atom is -0.497 e. The molecule has 0 atom stereocenters. The fourth-order valence-electron chi connectivity index (χ4n) is 2.71. The Kier molecular flexibility index (Phi) is 5.77. The summed E-state index contributed by atoms with van der Waals surface area (Å²) in [6.07, 6.45) is 3.32. The highest BCUT2D eigenvalue weighted by Crippen LogP contribution is 2.24. The van der Waals surface area contributed by atoms with Crippen LogP contribution in [-0.4, -0.2) is 46.2 Å². The van der Waals surface area contributed by atoms with Crippen LogP contribution in [0.1, 0.15) is 27.6 Å². The van der Waals surface area contributed by atoms with E-state index in [9.17, 15) is 4.79 Å². The number of nitrogens with zero attached hydrogens (tertiary/aromatic N) is 3. The van der Waals surface area contributed by atoms with Gasteiger partial charge in [0.2, 0.25) is 5.82 Å². The third kappa shape index (κ3) is 3.89. The molecule has 1 aromatic carbocycles. The molecule has 0 aliphatic rings. The van der Waals surface area contributed by atoms with Crippen molar-refractivity contribution in [3.8, 4) is 23.3 Å². The number of carbonyl (C=O) groups excluding carboxylic acids is 1. The number of rotatable bonds is 5. The lowest BCUT2D eigenvalue weighted by Gasteiger charge is -2.11. The first-order valence-corrected chi connectivity index (χ1v) is 8.51. The number of aliphatic hydroxyl groups excluding tert-OH is 1. The number of aromatic nitrogens is 3. The molecule has 0 saturated carbocycles. The van der Waals surface area contributed by atoms with Gasteiger partial charge in [0.25, 0.3) is 5.91 Å². The zero-order valence-electron chi connectivity index (χ0n) is 15.8. The standard InChI is InChI=1S/C20H20N4O4/c1-13-12-24-17(11-21-13)16(5-4-8-25)23-19(24)20(26)22-10-14-6-7-15(27-2)9-18(14)28-3/h6-7,9,11-12,25H,8,10H2,1-3H3,(H,22,26). The molecule has 0 spiro atoms. The first kappa shape index (κ1) is 19.2. The normalized spacial score (nSPS) is 10.3. The minimum atomic E-state index is -0.365. The zero-order chi connectivity index (χ0) is 20.1. The molecule has 3 aromatic rings. The maximum absolute atomic E-state index is 12.8. The molecule has 0 unspecified atom stereocenters. The molecular weight excluding hydrogens is 360 g/mol. The lowest BCUT2D eigenvalue weighted by atomic mass is 10.2. The van der Waals surface area contributed by atoms with E-state index in [1.54, 1.807) is 43.1 Å². The van der Waals surface area contributed by atoms with Gasteiger partial charge >= 0.3 is 0 Å². The average molecular weight is 380 g/mol. The van der Waals surface area contributed by atoms with E-state index >= 15 is 0 Å². The first-order valence-electron chi connectivity index (χ1n) is 8.51. The Morgan fingerprint density at radius 2 is 2.14 bits per heavy atom. The summed E-state index contributed by atoms with van der Waals surface area (Å²) in [5.41, 5.74) is 2.51. The SMILES string of the molecule is COc1ccc(CNC(=O)c2nc(C#CCO)c3cnc(C)cn23)c(OC)c1. The second-order valence-corrected chi connectivity index (χ2v) is 5.89. The van der Waals surface area contributed by atoms with E-state index in [1.807, 2.05) is 13.0 Å². The van der Waals surface area contributed by atoms with Crippen LogP contribution in [-0.2, 0) is 6.54 Å². The monoisotopic (exact) mass is 380 g/mol. The van der Waals surface area contributed by atoms with Gasteiger partial charge in [-0.05, 0) is 25.0 Å². The van der Waals surface area contributed by atoms with Crippen molar-refractivity contribution in [1.29, 1.82) is 0 Å². The number of hydrogen-bond donors (Lipinski definition) is 2. The molecule has 0 fully saturated rings. The molecule has 8 heteroatoms. The second kappa shape index (κ2) is 8.41. The van der Waals surface area contributed by atoms with Gasteiger partial charge in [-0.25, -0.2) is 4.98 Å². The molecule has 0 saturated heterocycles. The third-order valence-corrected chi connectivity index (χ3v) is 4.08. The summed E-state index contributed by atoms with van der Waals surface area (Å²) in [6.45, 7) is 1.78. The average Bonchev–Trinajstić information content (AvgIpc) is 3.07. The smallest absolute Gasteiger partial charge is 0.287 e. The molecule has 144 valence electrons. The van der Waals surface area contributed by atoms with E-state index in [2.05, 4.69) is 27.1 Å². The fourth-order valence-corrected chi connectivity index (χ4v) is 2.71. The highest BCUT2D eigenvalue weighted by atomic mass is 16.5. The number of fused-ring (bicyclic) bond motifs is 1.